The molecule has 1 aromatic heterocycles. The Morgan fingerprint density at radius 2 is 1.90 bits per heavy atom. The quantitative estimate of drug-likeness (QED) is 0.922. The lowest BCUT2D eigenvalue weighted by molar-refractivity contribution is 0.0693. The predicted octanol–water partition coefficient (Wildman–Crippen LogP) is 3.30. The molecule has 0 radical (unpaired) electrons. The van der Waals surface area contributed by atoms with Crippen molar-refractivity contribution in [3.05, 3.63) is 33.2 Å². The Morgan fingerprint density at radius 1 is 1.30 bits per heavy atom. The molecule has 1 heterocycles. The van der Waals surface area contributed by atoms with Crippen molar-refractivity contribution in [2.24, 2.45) is 5.92 Å². The summed E-state index contributed by atoms with van der Waals surface area (Å²) in [7, 11) is 0. The second-order valence-corrected chi connectivity index (χ2v) is 5.94. The van der Waals surface area contributed by atoms with Crippen molar-refractivity contribution in [2.45, 2.75) is 58.9 Å². The number of aromatic carboxylic acids is 1. The standard InChI is InChI=1S/C16H23NO3/c1-10-9-14(18)17(12(3)15(10)16(19)20)11(2)13-7-5-4-6-8-13/h9,11,13H,4-8H2,1-3H3,(H,19,20). The highest BCUT2D eigenvalue weighted by Gasteiger charge is 2.25. The lowest BCUT2D eigenvalue weighted by Gasteiger charge is -2.30. The number of pyridine rings is 1. The van der Waals surface area contributed by atoms with Gasteiger partial charge < -0.3 is 9.67 Å². The molecule has 4 nitrogen and oxygen atoms in total. The first kappa shape index (κ1) is 14.8. The zero-order valence-corrected chi connectivity index (χ0v) is 12.5. The minimum Gasteiger partial charge on any atom is -0.478 e. The summed E-state index contributed by atoms with van der Waals surface area (Å²) in [6.45, 7) is 5.48. The molecule has 1 aliphatic carbocycles. The highest BCUT2D eigenvalue weighted by molar-refractivity contribution is 5.90. The molecule has 1 saturated carbocycles. The lowest BCUT2D eigenvalue weighted by atomic mass is 9.84. The van der Waals surface area contributed by atoms with Crippen LogP contribution in [-0.2, 0) is 0 Å². The first-order chi connectivity index (χ1) is 9.43. The van der Waals surface area contributed by atoms with E-state index in [0.29, 0.717) is 17.2 Å². The van der Waals surface area contributed by atoms with Crippen molar-refractivity contribution in [3.8, 4) is 0 Å². The molecule has 1 unspecified atom stereocenters. The molecular formula is C16H23NO3. The highest BCUT2D eigenvalue weighted by atomic mass is 16.4. The number of aromatic nitrogens is 1. The third-order valence-corrected chi connectivity index (χ3v) is 4.65. The van der Waals surface area contributed by atoms with Crippen molar-refractivity contribution in [2.75, 3.05) is 0 Å². The number of carboxylic acids is 1. The fourth-order valence-corrected chi connectivity index (χ4v) is 3.55. The molecule has 1 atom stereocenters. The van der Waals surface area contributed by atoms with E-state index in [2.05, 4.69) is 0 Å². The number of nitrogens with zero attached hydrogens (tertiary/aromatic N) is 1. The van der Waals surface area contributed by atoms with Gasteiger partial charge in [0.25, 0.3) is 5.56 Å². The number of hydrogen-bond donors (Lipinski definition) is 1. The van der Waals surface area contributed by atoms with Crippen LogP contribution in [0.1, 0.15) is 66.7 Å². The Kier molecular flexibility index (Phi) is 4.31. The van der Waals surface area contributed by atoms with Crippen LogP contribution in [0.3, 0.4) is 0 Å². The van der Waals surface area contributed by atoms with E-state index in [1.165, 1.54) is 25.3 Å². The first-order valence-corrected chi connectivity index (χ1v) is 7.39. The molecule has 110 valence electrons. The summed E-state index contributed by atoms with van der Waals surface area (Å²) < 4.78 is 1.69. The summed E-state index contributed by atoms with van der Waals surface area (Å²) >= 11 is 0. The lowest BCUT2D eigenvalue weighted by Crippen LogP contribution is -2.32. The molecule has 0 aliphatic heterocycles. The summed E-state index contributed by atoms with van der Waals surface area (Å²) in [6, 6.07) is 1.52. The summed E-state index contributed by atoms with van der Waals surface area (Å²) in [5, 5.41) is 9.34. The SMILES string of the molecule is Cc1cc(=O)n(C(C)C2CCCCC2)c(C)c1C(=O)O. The van der Waals surface area contributed by atoms with Gasteiger partial charge in [-0.3, -0.25) is 4.79 Å². The van der Waals surface area contributed by atoms with Crippen molar-refractivity contribution in [3.63, 3.8) is 0 Å². The maximum absolute atomic E-state index is 12.3. The summed E-state index contributed by atoms with van der Waals surface area (Å²) in [5.41, 5.74) is 1.32. The van der Waals surface area contributed by atoms with E-state index < -0.39 is 5.97 Å². The number of hydrogen-bond acceptors (Lipinski definition) is 2. The normalized spacial score (nSPS) is 17.9. The molecular weight excluding hydrogens is 254 g/mol. The van der Waals surface area contributed by atoms with Crippen LogP contribution in [0.15, 0.2) is 10.9 Å². The molecule has 2 rings (SSSR count). The van der Waals surface area contributed by atoms with Crippen molar-refractivity contribution in [1.29, 1.82) is 0 Å². The topological polar surface area (TPSA) is 59.3 Å². The van der Waals surface area contributed by atoms with E-state index in [0.717, 1.165) is 12.8 Å². The van der Waals surface area contributed by atoms with Crippen LogP contribution in [0.2, 0.25) is 0 Å². The zero-order chi connectivity index (χ0) is 14.9. The summed E-state index contributed by atoms with van der Waals surface area (Å²) in [4.78, 5) is 23.7. The van der Waals surface area contributed by atoms with Gasteiger partial charge in [0, 0.05) is 17.8 Å². The molecule has 1 aromatic rings. The maximum atomic E-state index is 12.3. The van der Waals surface area contributed by atoms with Crippen LogP contribution < -0.4 is 5.56 Å². The number of carboxylic acid groups (broad SMARTS) is 1. The molecule has 0 bridgehead atoms. The van der Waals surface area contributed by atoms with E-state index in [-0.39, 0.29) is 17.2 Å². The molecule has 4 heteroatoms. The number of carbonyl (C=O) groups is 1. The van der Waals surface area contributed by atoms with Gasteiger partial charge in [-0.05, 0) is 45.1 Å². The molecule has 1 aliphatic rings. The fraction of sp³-hybridized carbons (Fsp3) is 0.625. The van der Waals surface area contributed by atoms with Gasteiger partial charge >= 0.3 is 5.97 Å². The van der Waals surface area contributed by atoms with Crippen molar-refractivity contribution in [1.82, 2.24) is 4.57 Å². The van der Waals surface area contributed by atoms with Crippen LogP contribution >= 0.6 is 0 Å². The van der Waals surface area contributed by atoms with Gasteiger partial charge in [0.2, 0.25) is 0 Å². The van der Waals surface area contributed by atoms with Gasteiger partial charge in [-0.2, -0.15) is 0 Å². The average molecular weight is 277 g/mol. The van der Waals surface area contributed by atoms with E-state index in [1.54, 1.807) is 18.4 Å². The van der Waals surface area contributed by atoms with Gasteiger partial charge in [-0.15, -0.1) is 0 Å². The van der Waals surface area contributed by atoms with Crippen molar-refractivity contribution >= 4 is 5.97 Å². The zero-order valence-electron chi connectivity index (χ0n) is 12.5. The first-order valence-electron chi connectivity index (χ1n) is 7.39. The Hall–Kier alpha value is -1.58. The highest BCUT2D eigenvalue weighted by Crippen LogP contribution is 2.33. The molecule has 20 heavy (non-hydrogen) atoms. The second-order valence-electron chi connectivity index (χ2n) is 5.94. The van der Waals surface area contributed by atoms with Crippen LogP contribution in [-0.4, -0.2) is 15.6 Å². The average Bonchev–Trinajstić information content (AvgIpc) is 2.38. The monoisotopic (exact) mass is 277 g/mol. The fourth-order valence-electron chi connectivity index (χ4n) is 3.55. The summed E-state index contributed by atoms with van der Waals surface area (Å²) in [5.74, 6) is -0.478. The largest absolute Gasteiger partial charge is 0.478 e. The van der Waals surface area contributed by atoms with E-state index in [9.17, 15) is 14.7 Å². The van der Waals surface area contributed by atoms with E-state index in [4.69, 9.17) is 0 Å². The third-order valence-electron chi connectivity index (χ3n) is 4.65. The second kappa shape index (κ2) is 5.81. The molecule has 0 amide bonds. The Morgan fingerprint density at radius 3 is 2.45 bits per heavy atom. The van der Waals surface area contributed by atoms with Crippen LogP contribution in [0.5, 0.6) is 0 Å². The molecule has 0 aromatic carbocycles. The van der Waals surface area contributed by atoms with Gasteiger partial charge in [0.05, 0.1) is 5.56 Å². The van der Waals surface area contributed by atoms with Gasteiger partial charge in [0.1, 0.15) is 0 Å². The van der Waals surface area contributed by atoms with Gasteiger partial charge in [-0.1, -0.05) is 19.3 Å². The molecule has 0 spiro atoms. The van der Waals surface area contributed by atoms with Crippen LogP contribution in [0.4, 0.5) is 0 Å². The Balaban J connectivity index is 2.47. The molecule has 1 N–H and O–H groups in total. The number of rotatable bonds is 3. The van der Waals surface area contributed by atoms with Crippen molar-refractivity contribution < 1.29 is 9.90 Å². The molecule has 0 saturated heterocycles. The van der Waals surface area contributed by atoms with Crippen LogP contribution in [0, 0.1) is 19.8 Å². The predicted molar refractivity (Wildman–Crippen MR) is 78.4 cm³/mol. The van der Waals surface area contributed by atoms with Crippen LogP contribution in [0.25, 0.3) is 0 Å². The third kappa shape index (κ3) is 2.65. The minimum atomic E-state index is -0.954. The maximum Gasteiger partial charge on any atom is 0.337 e. The smallest absolute Gasteiger partial charge is 0.337 e. The minimum absolute atomic E-state index is 0.0708. The Bertz CT molecular complexity index is 568. The van der Waals surface area contributed by atoms with E-state index >= 15 is 0 Å². The van der Waals surface area contributed by atoms with Gasteiger partial charge in [-0.25, -0.2) is 4.79 Å². The van der Waals surface area contributed by atoms with E-state index in [1.807, 2.05) is 6.92 Å². The molecule has 1 fully saturated rings. The number of aryl methyl sites for hydroxylation is 1. The van der Waals surface area contributed by atoms with Gasteiger partial charge in [0.15, 0.2) is 0 Å². The summed E-state index contributed by atoms with van der Waals surface area (Å²) in [6.07, 6.45) is 5.94. The Labute approximate surface area is 119 Å².